The molecule has 0 radical (unpaired) electrons. The Bertz CT molecular complexity index is 1070. The van der Waals surface area contributed by atoms with Crippen LogP contribution in [0.25, 0.3) is 22.0 Å². The first-order valence-electron chi connectivity index (χ1n) is 7.78. The predicted octanol–water partition coefficient (Wildman–Crippen LogP) is 3.88. The maximum absolute atomic E-state index is 14.2. The SMILES string of the molecule is O=C(O)NCCOc1c(-c2ccc(Br)cc2)[nH]c(=O)c2c(F)c(F)ccc12. The highest BCUT2D eigenvalue weighted by molar-refractivity contribution is 9.10. The lowest BCUT2D eigenvalue weighted by atomic mass is 10.0. The van der Waals surface area contributed by atoms with Crippen molar-refractivity contribution in [1.29, 1.82) is 0 Å². The van der Waals surface area contributed by atoms with Crippen molar-refractivity contribution >= 4 is 32.8 Å². The molecular formula is C18H13BrF2N2O4. The zero-order valence-corrected chi connectivity index (χ0v) is 15.3. The first-order chi connectivity index (χ1) is 12.9. The number of ether oxygens (including phenoxy) is 1. The lowest BCUT2D eigenvalue weighted by Gasteiger charge is -2.15. The van der Waals surface area contributed by atoms with Gasteiger partial charge < -0.3 is 20.1 Å². The highest BCUT2D eigenvalue weighted by Crippen LogP contribution is 2.35. The molecule has 27 heavy (non-hydrogen) atoms. The second-order valence-electron chi connectivity index (χ2n) is 5.53. The van der Waals surface area contributed by atoms with Gasteiger partial charge in [0.15, 0.2) is 17.4 Å². The normalized spacial score (nSPS) is 10.8. The Morgan fingerprint density at radius 3 is 2.56 bits per heavy atom. The fourth-order valence-electron chi connectivity index (χ4n) is 2.61. The van der Waals surface area contributed by atoms with Gasteiger partial charge in [0, 0.05) is 15.4 Å². The number of H-pyrrole nitrogens is 1. The van der Waals surface area contributed by atoms with Gasteiger partial charge in [0.1, 0.15) is 6.61 Å². The van der Waals surface area contributed by atoms with Crippen LogP contribution < -0.4 is 15.6 Å². The Kier molecular flexibility index (Phi) is 5.41. The summed E-state index contributed by atoms with van der Waals surface area (Å²) in [6, 6.07) is 9.08. The first kappa shape index (κ1) is 18.8. The van der Waals surface area contributed by atoms with Crippen LogP contribution in [-0.4, -0.2) is 29.3 Å². The Labute approximate surface area is 159 Å². The molecular weight excluding hydrogens is 426 g/mol. The van der Waals surface area contributed by atoms with Crippen LogP contribution in [-0.2, 0) is 0 Å². The van der Waals surface area contributed by atoms with Crippen LogP contribution in [0.5, 0.6) is 5.75 Å². The number of aromatic nitrogens is 1. The van der Waals surface area contributed by atoms with E-state index in [9.17, 15) is 18.4 Å². The second kappa shape index (κ2) is 7.75. The molecule has 0 saturated carbocycles. The summed E-state index contributed by atoms with van der Waals surface area (Å²) >= 11 is 3.31. The molecule has 0 unspecified atom stereocenters. The molecule has 3 aromatic rings. The van der Waals surface area contributed by atoms with Crippen molar-refractivity contribution in [2.24, 2.45) is 0 Å². The Morgan fingerprint density at radius 2 is 1.89 bits per heavy atom. The van der Waals surface area contributed by atoms with Gasteiger partial charge in [-0.3, -0.25) is 4.79 Å². The third-order valence-corrected chi connectivity index (χ3v) is 4.32. The number of pyridine rings is 1. The molecule has 0 aliphatic heterocycles. The summed E-state index contributed by atoms with van der Waals surface area (Å²) in [6.07, 6.45) is -1.22. The fraction of sp³-hybridized carbons (Fsp3) is 0.111. The van der Waals surface area contributed by atoms with Gasteiger partial charge in [-0.25, -0.2) is 13.6 Å². The molecule has 3 rings (SSSR count). The van der Waals surface area contributed by atoms with E-state index < -0.39 is 28.7 Å². The van der Waals surface area contributed by atoms with Crippen molar-refractivity contribution in [3.05, 3.63) is 62.9 Å². The van der Waals surface area contributed by atoms with Crippen LogP contribution in [0.15, 0.2) is 45.7 Å². The fourth-order valence-corrected chi connectivity index (χ4v) is 2.87. The van der Waals surface area contributed by atoms with Crippen molar-refractivity contribution in [3.63, 3.8) is 0 Å². The number of carboxylic acid groups (broad SMARTS) is 1. The zero-order chi connectivity index (χ0) is 19.6. The van der Waals surface area contributed by atoms with Crippen LogP contribution in [0.2, 0.25) is 0 Å². The van der Waals surface area contributed by atoms with E-state index in [0.717, 1.165) is 10.5 Å². The van der Waals surface area contributed by atoms with E-state index in [1.807, 2.05) is 0 Å². The molecule has 1 heterocycles. The summed E-state index contributed by atoms with van der Waals surface area (Å²) in [5.41, 5.74) is 0.0698. The number of fused-ring (bicyclic) bond motifs is 1. The second-order valence-corrected chi connectivity index (χ2v) is 6.45. The zero-order valence-electron chi connectivity index (χ0n) is 13.7. The van der Waals surface area contributed by atoms with Gasteiger partial charge >= 0.3 is 6.09 Å². The Morgan fingerprint density at radius 1 is 1.19 bits per heavy atom. The van der Waals surface area contributed by atoms with Crippen LogP contribution in [0.1, 0.15) is 0 Å². The summed E-state index contributed by atoms with van der Waals surface area (Å²) in [6.45, 7) is -0.102. The Balaban J connectivity index is 2.16. The average molecular weight is 439 g/mol. The third kappa shape index (κ3) is 3.92. The molecule has 9 heteroatoms. The van der Waals surface area contributed by atoms with Crippen molar-refractivity contribution in [1.82, 2.24) is 10.3 Å². The summed E-state index contributed by atoms with van der Waals surface area (Å²) in [5.74, 6) is -2.30. The van der Waals surface area contributed by atoms with E-state index in [2.05, 4.69) is 26.2 Å². The molecule has 6 nitrogen and oxygen atoms in total. The van der Waals surface area contributed by atoms with Crippen molar-refractivity contribution < 1.29 is 23.4 Å². The summed E-state index contributed by atoms with van der Waals surface area (Å²) in [5, 5.41) is 10.4. The quantitative estimate of drug-likeness (QED) is 0.527. The van der Waals surface area contributed by atoms with Gasteiger partial charge in [0.2, 0.25) is 0 Å². The van der Waals surface area contributed by atoms with Gasteiger partial charge in [0.05, 0.1) is 17.6 Å². The number of amides is 1. The molecule has 0 bridgehead atoms. The van der Waals surface area contributed by atoms with Crippen molar-refractivity contribution in [2.45, 2.75) is 0 Å². The van der Waals surface area contributed by atoms with E-state index >= 15 is 0 Å². The molecule has 0 fully saturated rings. The van der Waals surface area contributed by atoms with Crippen LogP contribution in [0.4, 0.5) is 13.6 Å². The number of halogens is 3. The largest absolute Gasteiger partial charge is 0.489 e. The van der Waals surface area contributed by atoms with Crippen molar-refractivity contribution in [3.8, 4) is 17.0 Å². The van der Waals surface area contributed by atoms with Crippen molar-refractivity contribution in [2.75, 3.05) is 13.2 Å². The van der Waals surface area contributed by atoms with Gasteiger partial charge in [-0.05, 0) is 24.3 Å². The molecule has 0 saturated heterocycles. The molecule has 0 aliphatic carbocycles. The Hall–Kier alpha value is -2.94. The topological polar surface area (TPSA) is 91.4 Å². The minimum absolute atomic E-state index is 0.0284. The maximum atomic E-state index is 14.2. The number of carbonyl (C=O) groups is 1. The summed E-state index contributed by atoms with van der Waals surface area (Å²) < 4.78 is 34.2. The van der Waals surface area contributed by atoms with E-state index in [1.165, 1.54) is 6.07 Å². The maximum Gasteiger partial charge on any atom is 0.404 e. The number of aromatic amines is 1. The smallest absolute Gasteiger partial charge is 0.404 e. The van der Waals surface area contributed by atoms with Crippen LogP contribution in [0.3, 0.4) is 0 Å². The number of hydrogen-bond donors (Lipinski definition) is 3. The van der Waals surface area contributed by atoms with Gasteiger partial charge in [-0.2, -0.15) is 0 Å². The minimum Gasteiger partial charge on any atom is -0.489 e. The molecule has 140 valence electrons. The van der Waals surface area contributed by atoms with E-state index in [1.54, 1.807) is 24.3 Å². The molecule has 0 spiro atoms. The van der Waals surface area contributed by atoms with Gasteiger partial charge in [0.25, 0.3) is 5.56 Å². The third-order valence-electron chi connectivity index (χ3n) is 3.79. The summed E-state index contributed by atoms with van der Waals surface area (Å²) in [4.78, 5) is 25.5. The predicted molar refractivity (Wildman–Crippen MR) is 99.1 cm³/mol. The lowest BCUT2D eigenvalue weighted by Crippen LogP contribution is -2.26. The monoisotopic (exact) mass is 438 g/mol. The standard InChI is InChI=1S/C18H13BrF2N2O4/c19-10-3-1-9(2-4-10)15-16(27-8-7-22-18(25)26)11-5-6-12(20)14(21)13(11)17(24)23-15/h1-6,22H,7-8H2,(H,23,24)(H,25,26). The number of benzene rings is 2. The van der Waals surface area contributed by atoms with Crippen LogP contribution >= 0.6 is 15.9 Å². The average Bonchev–Trinajstić information content (AvgIpc) is 2.63. The van der Waals surface area contributed by atoms with Gasteiger partial charge in [-0.15, -0.1) is 0 Å². The molecule has 1 aromatic heterocycles. The molecule has 2 aromatic carbocycles. The van der Waals surface area contributed by atoms with E-state index in [4.69, 9.17) is 9.84 Å². The van der Waals surface area contributed by atoms with Crippen LogP contribution in [0, 0.1) is 11.6 Å². The first-order valence-corrected chi connectivity index (χ1v) is 8.57. The highest BCUT2D eigenvalue weighted by Gasteiger charge is 2.19. The van der Waals surface area contributed by atoms with Gasteiger partial charge in [-0.1, -0.05) is 28.1 Å². The minimum atomic E-state index is -1.27. The molecule has 0 aliphatic rings. The number of rotatable bonds is 5. The number of nitrogens with one attached hydrogen (secondary N) is 2. The molecule has 1 amide bonds. The lowest BCUT2D eigenvalue weighted by molar-refractivity contribution is 0.191. The van der Waals surface area contributed by atoms with E-state index in [0.29, 0.717) is 5.56 Å². The van der Waals surface area contributed by atoms with E-state index in [-0.39, 0.29) is 30.0 Å². The highest BCUT2D eigenvalue weighted by atomic mass is 79.9. The molecule has 0 atom stereocenters. The summed E-state index contributed by atoms with van der Waals surface area (Å²) in [7, 11) is 0. The number of hydrogen-bond acceptors (Lipinski definition) is 3. The molecule has 3 N–H and O–H groups in total.